The van der Waals surface area contributed by atoms with Gasteiger partial charge in [0.2, 0.25) is 5.95 Å². The Hall–Kier alpha value is -2.52. The number of amides is 1. The van der Waals surface area contributed by atoms with Crippen molar-refractivity contribution in [1.29, 1.82) is 0 Å². The number of carboxylic acid groups (broad SMARTS) is 1. The summed E-state index contributed by atoms with van der Waals surface area (Å²) in [6.07, 6.45) is 4.21. The summed E-state index contributed by atoms with van der Waals surface area (Å²) in [5, 5.41) is 12.6. The van der Waals surface area contributed by atoms with Gasteiger partial charge in [0.15, 0.2) is 0 Å². The van der Waals surface area contributed by atoms with Gasteiger partial charge in [-0.3, -0.25) is 4.79 Å². The average Bonchev–Trinajstić information content (AvgIpc) is 3.14. The normalized spacial score (nSPS) is 18.6. The Morgan fingerprint density at radius 3 is 2.96 bits per heavy atom. The van der Waals surface area contributed by atoms with Crippen molar-refractivity contribution in [1.82, 2.24) is 14.9 Å². The van der Waals surface area contributed by atoms with Crippen LogP contribution in [0, 0.1) is 0 Å². The number of nitrogens with zero attached hydrogens (tertiary/aromatic N) is 3. The highest BCUT2D eigenvalue weighted by atomic mass is 32.1. The molecule has 4 heterocycles. The van der Waals surface area contributed by atoms with Crippen LogP contribution in [0.25, 0.3) is 10.6 Å². The number of aliphatic carboxylic acids is 1. The molecule has 0 radical (unpaired) electrons. The second-order valence-electron chi connectivity index (χ2n) is 7.01. The molecule has 0 bridgehead atoms. The van der Waals surface area contributed by atoms with Crippen LogP contribution in [0.2, 0.25) is 0 Å². The molecule has 9 heteroatoms. The number of anilines is 1. The van der Waals surface area contributed by atoms with Gasteiger partial charge in [0.05, 0.1) is 16.1 Å². The molecule has 148 valence electrons. The number of carbonyl (C=O) groups excluding carboxylic acids is 1. The number of ether oxygens (including phenoxy) is 1. The molecule has 2 aliphatic heterocycles. The van der Waals surface area contributed by atoms with Crippen molar-refractivity contribution < 1.29 is 19.4 Å². The van der Waals surface area contributed by atoms with E-state index in [-0.39, 0.29) is 5.91 Å². The van der Waals surface area contributed by atoms with E-state index in [2.05, 4.69) is 15.3 Å². The number of rotatable bonds is 5. The third-order valence-electron chi connectivity index (χ3n) is 5.17. The number of carboxylic acids is 1. The van der Waals surface area contributed by atoms with Crippen molar-refractivity contribution in [3.8, 4) is 10.6 Å². The van der Waals surface area contributed by atoms with Gasteiger partial charge >= 0.3 is 5.97 Å². The van der Waals surface area contributed by atoms with Gasteiger partial charge in [0.25, 0.3) is 5.91 Å². The summed E-state index contributed by atoms with van der Waals surface area (Å²) in [6, 6.07) is 3.12. The van der Waals surface area contributed by atoms with Crippen molar-refractivity contribution in [2.45, 2.75) is 38.3 Å². The molecule has 2 aromatic rings. The van der Waals surface area contributed by atoms with Gasteiger partial charge in [-0.1, -0.05) is 0 Å². The van der Waals surface area contributed by atoms with Crippen LogP contribution in [0.15, 0.2) is 18.3 Å². The lowest BCUT2D eigenvalue weighted by molar-refractivity contribution is -0.141. The standard InChI is InChI=1S/C19H22N4O4S/c1-11(18(25)26)23-7-3-15-13(17(23)24)10-16(28-15)14-2-6-20-19(22-14)21-12-4-8-27-9-5-12/h2,6,10-12H,3-5,7-9H2,1H3,(H,25,26)(H,20,21,22). The lowest BCUT2D eigenvalue weighted by atomic mass is 10.1. The minimum Gasteiger partial charge on any atom is -0.480 e. The van der Waals surface area contributed by atoms with Crippen LogP contribution >= 0.6 is 11.3 Å². The zero-order valence-corrected chi connectivity index (χ0v) is 16.4. The molecule has 4 rings (SSSR count). The van der Waals surface area contributed by atoms with Crippen LogP contribution < -0.4 is 5.32 Å². The summed E-state index contributed by atoms with van der Waals surface area (Å²) in [5.41, 5.74) is 1.34. The maximum absolute atomic E-state index is 12.7. The number of hydrogen-bond acceptors (Lipinski definition) is 7. The summed E-state index contributed by atoms with van der Waals surface area (Å²) in [7, 11) is 0. The zero-order valence-electron chi connectivity index (χ0n) is 15.6. The van der Waals surface area contributed by atoms with E-state index in [0.717, 1.165) is 41.5 Å². The summed E-state index contributed by atoms with van der Waals surface area (Å²) < 4.78 is 5.38. The first-order valence-electron chi connectivity index (χ1n) is 9.37. The van der Waals surface area contributed by atoms with Gasteiger partial charge < -0.3 is 20.1 Å². The average molecular weight is 402 g/mol. The predicted octanol–water partition coefficient (Wildman–Crippen LogP) is 2.27. The molecule has 1 amide bonds. The molecule has 2 aromatic heterocycles. The Morgan fingerprint density at radius 2 is 2.21 bits per heavy atom. The van der Waals surface area contributed by atoms with Gasteiger partial charge in [-0.05, 0) is 31.9 Å². The minimum absolute atomic E-state index is 0.228. The number of carbonyl (C=O) groups is 2. The minimum atomic E-state index is -0.994. The van der Waals surface area contributed by atoms with E-state index >= 15 is 0 Å². The molecule has 2 aliphatic rings. The monoisotopic (exact) mass is 402 g/mol. The molecule has 1 fully saturated rings. The second kappa shape index (κ2) is 7.84. The number of fused-ring (bicyclic) bond motifs is 1. The first-order chi connectivity index (χ1) is 13.5. The SMILES string of the molecule is CC(C(=O)O)N1CCc2sc(-c3ccnc(NC4CCOCC4)n3)cc2C1=O. The van der Waals surface area contributed by atoms with Crippen LogP contribution in [0.3, 0.4) is 0 Å². The first-order valence-corrected chi connectivity index (χ1v) is 10.2. The fraction of sp³-hybridized carbons (Fsp3) is 0.474. The molecule has 28 heavy (non-hydrogen) atoms. The summed E-state index contributed by atoms with van der Waals surface area (Å²) in [4.78, 5) is 36.2. The van der Waals surface area contributed by atoms with Crippen LogP contribution in [0.4, 0.5) is 5.95 Å². The molecular weight excluding hydrogens is 380 g/mol. The Labute approximate surface area is 166 Å². The number of aromatic nitrogens is 2. The Kier molecular flexibility index (Phi) is 5.27. The van der Waals surface area contributed by atoms with Crippen molar-refractivity contribution in [2.24, 2.45) is 0 Å². The Morgan fingerprint density at radius 1 is 1.43 bits per heavy atom. The van der Waals surface area contributed by atoms with E-state index < -0.39 is 12.0 Å². The highest BCUT2D eigenvalue weighted by Crippen LogP contribution is 2.34. The van der Waals surface area contributed by atoms with E-state index in [1.165, 1.54) is 23.2 Å². The lowest BCUT2D eigenvalue weighted by Crippen LogP contribution is -2.46. The predicted molar refractivity (Wildman–Crippen MR) is 105 cm³/mol. The van der Waals surface area contributed by atoms with Gasteiger partial charge in [-0.15, -0.1) is 11.3 Å². The lowest BCUT2D eigenvalue weighted by Gasteiger charge is -2.29. The fourth-order valence-corrected chi connectivity index (χ4v) is 4.60. The summed E-state index contributed by atoms with van der Waals surface area (Å²) >= 11 is 1.54. The molecule has 1 unspecified atom stereocenters. The molecule has 0 spiro atoms. The maximum Gasteiger partial charge on any atom is 0.326 e. The van der Waals surface area contributed by atoms with E-state index in [4.69, 9.17) is 4.74 Å². The Bertz CT molecular complexity index is 894. The third kappa shape index (κ3) is 3.72. The molecule has 1 atom stereocenters. The van der Waals surface area contributed by atoms with Crippen LogP contribution in [-0.2, 0) is 16.0 Å². The molecule has 0 aliphatic carbocycles. The largest absolute Gasteiger partial charge is 0.480 e. The Balaban J connectivity index is 1.55. The highest BCUT2D eigenvalue weighted by molar-refractivity contribution is 7.15. The number of nitrogens with one attached hydrogen (secondary N) is 1. The van der Waals surface area contributed by atoms with E-state index in [9.17, 15) is 14.7 Å². The van der Waals surface area contributed by atoms with E-state index in [1.807, 2.05) is 12.1 Å². The molecule has 0 aromatic carbocycles. The van der Waals surface area contributed by atoms with E-state index in [1.54, 1.807) is 6.20 Å². The zero-order chi connectivity index (χ0) is 19.7. The van der Waals surface area contributed by atoms with E-state index in [0.29, 0.717) is 30.5 Å². The third-order valence-corrected chi connectivity index (χ3v) is 6.38. The van der Waals surface area contributed by atoms with Crippen molar-refractivity contribution in [3.05, 3.63) is 28.8 Å². The van der Waals surface area contributed by atoms with Crippen molar-refractivity contribution in [2.75, 3.05) is 25.1 Å². The maximum atomic E-state index is 12.7. The van der Waals surface area contributed by atoms with Crippen molar-refractivity contribution in [3.63, 3.8) is 0 Å². The van der Waals surface area contributed by atoms with Gasteiger partial charge in [-0.2, -0.15) is 0 Å². The first kappa shape index (κ1) is 18.8. The van der Waals surface area contributed by atoms with Crippen LogP contribution in [0.5, 0.6) is 0 Å². The molecule has 1 saturated heterocycles. The number of thiophene rings is 1. The molecule has 8 nitrogen and oxygen atoms in total. The number of hydrogen-bond donors (Lipinski definition) is 2. The molecular formula is C19H22N4O4S. The molecule has 2 N–H and O–H groups in total. The smallest absolute Gasteiger partial charge is 0.326 e. The van der Waals surface area contributed by atoms with Crippen molar-refractivity contribution >= 4 is 29.2 Å². The summed E-state index contributed by atoms with van der Waals surface area (Å²) in [5.74, 6) is -0.650. The van der Waals surface area contributed by atoms with Gasteiger partial charge in [-0.25, -0.2) is 14.8 Å². The summed E-state index contributed by atoms with van der Waals surface area (Å²) in [6.45, 7) is 3.43. The topological polar surface area (TPSA) is 105 Å². The van der Waals surface area contributed by atoms with Crippen LogP contribution in [-0.4, -0.2) is 63.7 Å². The van der Waals surface area contributed by atoms with Crippen LogP contribution in [0.1, 0.15) is 35.0 Å². The van der Waals surface area contributed by atoms with Gasteiger partial charge in [0.1, 0.15) is 6.04 Å². The molecule has 0 saturated carbocycles. The highest BCUT2D eigenvalue weighted by Gasteiger charge is 2.33. The quantitative estimate of drug-likeness (QED) is 0.790. The second-order valence-corrected chi connectivity index (χ2v) is 8.14. The van der Waals surface area contributed by atoms with Gasteiger partial charge in [0, 0.05) is 43.3 Å². The fourth-order valence-electron chi connectivity index (χ4n) is 3.49.